The van der Waals surface area contributed by atoms with Crippen molar-refractivity contribution in [2.45, 2.75) is 221 Å². The molecular formula is C48H81N9O5. The average molecular weight is 864 g/mol. The molecule has 0 bridgehead atoms. The number of amidine groups is 1. The number of H-pyrrole nitrogens is 1. The first-order valence-corrected chi connectivity index (χ1v) is 23.5. The summed E-state index contributed by atoms with van der Waals surface area (Å²) in [5.41, 5.74) is 9.02. The highest BCUT2D eigenvalue weighted by atomic mass is 16.5. The summed E-state index contributed by atoms with van der Waals surface area (Å²) < 4.78 is 4.87. The smallest absolute Gasteiger partial charge is 0.336 e. The lowest BCUT2D eigenvalue weighted by atomic mass is 9.76. The lowest BCUT2D eigenvalue weighted by Crippen LogP contribution is -2.62. The van der Waals surface area contributed by atoms with E-state index >= 15 is 0 Å². The summed E-state index contributed by atoms with van der Waals surface area (Å²) in [6, 6.07) is -0.486. The second-order valence-electron chi connectivity index (χ2n) is 19.6. The van der Waals surface area contributed by atoms with E-state index in [9.17, 15) is 19.2 Å². The number of anilines is 2. The van der Waals surface area contributed by atoms with Crippen LogP contribution >= 0.6 is 0 Å². The number of nitrogens with one attached hydrogen (secondary N) is 4. The van der Waals surface area contributed by atoms with E-state index in [-0.39, 0.29) is 40.6 Å². The number of piperidine rings is 1. The number of esters is 1. The number of hydrogen-bond acceptors (Lipinski definition) is 11. The first kappa shape index (κ1) is 52.0. The van der Waals surface area contributed by atoms with Crippen LogP contribution in [-0.2, 0) is 51.2 Å². The van der Waals surface area contributed by atoms with Gasteiger partial charge < -0.3 is 31.0 Å². The van der Waals surface area contributed by atoms with Crippen LogP contribution in [0.5, 0.6) is 0 Å². The minimum atomic E-state index is -1.07. The van der Waals surface area contributed by atoms with Gasteiger partial charge in [-0.25, -0.2) is 19.7 Å². The minimum Gasteiger partial charge on any atom is -0.464 e. The molecule has 14 nitrogen and oxygen atoms in total. The van der Waals surface area contributed by atoms with Gasteiger partial charge in [0.2, 0.25) is 5.91 Å². The highest BCUT2D eigenvalue weighted by Gasteiger charge is 2.47. The van der Waals surface area contributed by atoms with Crippen LogP contribution in [0.3, 0.4) is 0 Å². The van der Waals surface area contributed by atoms with Crippen LogP contribution in [-0.4, -0.2) is 78.1 Å². The molecule has 62 heavy (non-hydrogen) atoms. The molecule has 4 heterocycles. The van der Waals surface area contributed by atoms with Crippen LogP contribution in [0.25, 0.3) is 0 Å². The highest BCUT2D eigenvalue weighted by molar-refractivity contribution is 6.06. The van der Waals surface area contributed by atoms with Gasteiger partial charge in [0.1, 0.15) is 11.6 Å². The number of hydrogen-bond donors (Lipinski definition) is 5. The van der Waals surface area contributed by atoms with E-state index in [1.165, 1.54) is 82.2 Å². The van der Waals surface area contributed by atoms with Gasteiger partial charge in [-0.05, 0) is 111 Å². The van der Waals surface area contributed by atoms with Crippen LogP contribution in [0.2, 0.25) is 0 Å². The summed E-state index contributed by atoms with van der Waals surface area (Å²) in [5, 5.41) is 13.7. The number of rotatable bonds is 12. The van der Waals surface area contributed by atoms with Gasteiger partial charge >= 0.3 is 5.97 Å². The molecule has 1 unspecified atom stereocenters. The molecule has 2 aliphatic heterocycles. The molecule has 0 aromatic carbocycles. The van der Waals surface area contributed by atoms with Crippen molar-refractivity contribution in [1.29, 1.82) is 5.41 Å². The number of amides is 1. The zero-order valence-corrected chi connectivity index (χ0v) is 40.2. The van der Waals surface area contributed by atoms with Crippen LogP contribution in [0.4, 0.5) is 11.5 Å². The van der Waals surface area contributed by atoms with Gasteiger partial charge in [-0.15, -0.1) is 0 Å². The first-order valence-electron chi connectivity index (χ1n) is 23.5. The predicted molar refractivity (Wildman–Crippen MR) is 250 cm³/mol. The van der Waals surface area contributed by atoms with Gasteiger partial charge in [-0.3, -0.25) is 19.8 Å². The second kappa shape index (κ2) is 23.9. The molecule has 1 atom stereocenters. The minimum absolute atomic E-state index is 0.0965. The standard InChI is InChI=1S/C19H32N4.C15H24N2O.C12H19NO4.C2H6N2/c1-4-5-6-11-16-21-15-12-13-19(2,3)23-17(15)18(22-16)20-14-9-7-8-10-14;1-4-5-6-7-13-16-12-8-9-15(2,3)10-11(12)14(18)17-13;1-5-17-11(16)10-9(15)6-7-12(3,4)13(10)8(2)14;1-2(3)4/h14,23H,4-13H2,1-3H3,(H,20,21,22);4-10H2,1-3H3,(H,16,17,18);10H,5-7H2,1-4H3;1H3,(H3,3,4). The van der Waals surface area contributed by atoms with Crippen molar-refractivity contribution < 1.29 is 19.1 Å². The number of aryl methyl sites for hydroxylation is 4. The number of aromatic amines is 1. The Labute approximate surface area is 372 Å². The molecule has 1 saturated heterocycles. The Morgan fingerprint density at radius 1 is 0.855 bits per heavy atom. The number of likely N-dealkylation sites (tertiary alicyclic amines) is 1. The maximum atomic E-state index is 12.1. The maximum absolute atomic E-state index is 12.1. The summed E-state index contributed by atoms with van der Waals surface area (Å²) in [5.74, 6) is 1.99. The Morgan fingerprint density at radius 2 is 1.47 bits per heavy atom. The first-order chi connectivity index (χ1) is 29.1. The van der Waals surface area contributed by atoms with Crippen LogP contribution in [0.15, 0.2) is 4.79 Å². The van der Waals surface area contributed by atoms with Crippen molar-refractivity contribution in [3.05, 3.63) is 39.0 Å². The molecule has 0 radical (unpaired) electrons. The van der Waals surface area contributed by atoms with E-state index in [4.69, 9.17) is 25.8 Å². The van der Waals surface area contributed by atoms with Gasteiger partial charge in [0.25, 0.3) is 5.56 Å². The van der Waals surface area contributed by atoms with E-state index in [1.54, 1.807) is 6.92 Å². The van der Waals surface area contributed by atoms with Gasteiger partial charge in [-0.2, -0.15) is 0 Å². The number of nitrogens with zero attached hydrogens (tertiary/aromatic N) is 4. The quantitative estimate of drug-likeness (QED) is 0.0449. The van der Waals surface area contributed by atoms with Gasteiger partial charge in [0.15, 0.2) is 17.6 Å². The topological polar surface area (TPSA) is 209 Å². The third kappa shape index (κ3) is 16.1. The van der Waals surface area contributed by atoms with Crippen molar-refractivity contribution in [3.8, 4) is 0 Å². The highest BCUT2D eigenvalue weighted by Crippen LogP contribution is 2.36. The van der Waals surface area contributed by atoms with Crippen molar-refractivity contribution in [2.24, 2.45) is 11.1 Å². The maximum Gasteiger partial charge on any atom is 0.336 e. The summed E-state index contributed by atoms with van der Waals surface area (Å²) >= 11 is 0. The van der Waals surface area contributed by atoms with Crippen LogP contribution in [0.1, 0.15) is 195 Å². The Hall–Kier alpha value is -4.36. The largest absolute Gasteiger partial charge is 0.464 e. The number of carbonyl (C=O) groups is 3. The Bertz CT molecular complexity index is 1860. The SMILES string of the molecule is CC(=N)N.CCCCCc1nc2c(c(=O)[nH]1)CC(C)(C)CC2.CCCCCc1nc2c(c(NC3CCCC3)n1)NC(C)(C)CC2.CCOC(=O)C1C(=O)CCC(C)(C)N1C(C)=O. The molecular weight excluding hydrogens is 783 g/mol. The van der Waals surface area contributed by atoms with Crippen molar-refractivity contribution in [2.75, 3.05) is 17.2 Å². The van der Waals surface area contributed by atoms with E-state index in [2.05, 4.69) is 62.1 Å². The summed E-state index contributed by atoms with van der Waals surface area (Å²) in [7, 11) is 0. The fourth-order valence-corrected chi connectivity index (χ4v) is 8.63. The van der Waals surface area contributed by atoms with Gasteiger partial charge in [-0.1, -0.05) is 66.2 Å². The number of fused-ring (bicyclic) bond motifs is 2. The summed E-state index contributed by atoms with van der Waals surface area (Å²) in [4.78, 5) is 66.1. The Kier molecular flexibility index (Phi) is 20.0. The van der Waals surface area contributed by atoms with E-state index in [0.717, 1.165) is 85.8 Å². The molecule has 1 saturated carbocycles. The molecule has 2 aliphatic carbocycles. The second-order valence-corrected chi connectivity index (χ2v) is 19.6. The monoisotopic (exact) mass is 864 g/mol. The molecule has 14 heteroatoms. The average Bonchev–Trinajstić information content (AvgIpc) is 3.69. The summed E-state index contributed by atoms with van der Waals surface area (Å²) in [6.45, 7) is 21.9. The normalized spacial score (nSPS) is 19.4. The van der Waals surface area contributed by atoms with Gasteiger partial charge in [0.05, 0.1) is 29.5 Å². The third-order valence-electron chi connectivity index (χ3n) is 12.1. The predicted octanol–water partition coefficient (Wildman–Crippen LogP) is 8.57. The Morgan fingerprint density at radius 3 is 2.06 bits per heavy atom. The third-order valence-corrected chi connectivity index (χ3v) is 12.1. The fraction of sp³-hybridized carbons (Fsp3) is 0.750. The molecule has 2 aromatic rings. The number of aromatic nitrogens is 4. The van der Waals surface area contributed by atoms with Crippen molar-refractivity contribution >= 4 is 35.0 Å². The van der Waals surface area contributed by atoms with E-state index in [0.29, 0.717) is 18.9 Å². The number of ketones is 1. The Balaban J connectivity index is 0.000000240. The fourth-order valence-electron chi connectivity index (χ4n) is 8.63. The number of nitrogens with two attached hydrogens (primary N) is 1. The summed E-state index contributed by atoms with van der Waals surface area (Å²) in [6.07, 6.45) is 20.3. The molecule has 1 amide bonds. The zero-order valence-electron chi connectivity index (χ0n) is 40.2. The molecule has 6 N–H and O–H groups in total. The lowest BCUT2D eigenvalue weighted by molar-refractivity contribution is -0.166. The molecule has 2 aromatic heterocycles. The van der Waals surface area contributed by atoms with Crippen LogP contribution < -0.4 is 21.9 Å². The van der Waals surface area contributed by atoms with E-state index in [1.807, 2.05) is 13.8 Å². The lowest BCUT2D eigenvalue weighted by Gasteiger charge is -2.45. The zero-order chi connectivity index (χ0) is 46.3. The molecule has 2 fully saturated rings. The number of ether oxygens (including phenoxy) is 1. The number of carbonyl (C=O) groups excluding carboxylic acids is 3. The molecule has 4 aliphatic rings. The van der Waals surface area contributed by atoms with Crippen LogP contribution in [0, 0.1) is 10.8 Å². The van der Waals surface area contributed by atoms with Gasteiger partial charge in [0, 0.05) is 48.9 Å². The van der Waals surface area contributed by atoms with Crippen molar-refractivity contribution in [3.63, 3.8) is 0 Å². The molecule has 348 valence electrons. The molecule has 6 rings (SSSR count). The van der Waals surface area contributed by atoms with E-state index < -0.39 is 17.6 Å². The molecule has 0 spiro atoms. The van der Waals surface area contributed by atoms with Crippen molar-refractivity contribution in [1.82, 2.24) is 24.8 Å². The number of unbranched alkanes of at least 4 members (excludes halogenated alkanes) is 4. The number of Topliss-reactive ketones (excluding diaryl/α,β-unsaturated/α-hetero) is 1.